The number of thiazole rings is 1. The number of nitrogens with zero attached hydrogens (tertiary/aromatic N) is 3. The molecule has 17 heteroatoms. The molecule has 262 valence electrons. The van der Waals surface area contributed by atoms with Gasteiger partial charge in [-0.05, 0) is 56.8 Å². The molecule has 2 amide bonds. The maximum atomic E-state index is 14.1. The Hall–Kier alpha value is -3.96. The molecule has 0 spiro atoms. The highest BCUT2D eigenvalue weighted by Gasteiger charge is 2.63. The molecule has 1 aliphatic carbocycles. The fraction of sp³-hybridized carbons (Fsp3) is 0.531. The van der Waals surface area contributed by atoms with Crippen LogP contribution in [0.3, 0.4) is 0 Å². The third kappa shape index (κ3) is 5.23. The van der Waals surface area contributed by atoms with Crippen molar-refractivity contribution >= 4 is 44.2 Å². The van der Waals surface area contributed by atoms with E-state index in [4.69, 9.17) is 14.5 Å². The number of fused-ring (bicyclic) bond motifs is 7. The molecule has 11 nitrogen and oxygen atoms in total. The van der Waals surface area contributed by atoms with E-state index in [2.05, 4.69) is 36.8 Å². The average molecular weight is 710 g/mol. The number of alkyl halides is 5. The van der Waals surface area contributed by atoms with Crippen LogP contribution in [-0.4, -0.2) is 90.7 Å². The Morgan fingerprint density at radius 2 is 1.76 bits per heavy atom. The zero-order chi connectivity index (χ0) is 34.5. The fourth-order valence-corrected chi connectivity index (χ4v) is 8.97. The molecule has 0 radical (unpaired) electrons. The number of hydrogen-bond acceptors (Lipinski definition) is 10. The first kappa shape index (κ1) is 32.3. The number of rotatable bonds is 7. The second kappa shape index (κ2) is 11.0. The van der Waals surface area contributed by atoms with Crippen molar-refractivity contribution in [2.45, 2.75) is 74.7 Å². The molecule has 2 atom stereocenters. The number of methoxy groups -OCH3 is 1. The summed E-state index contributed by atoms with van der Waals surface area (Å²) in [6, 6.07) is 6.05. The lowest BCUT2D eigenvalue weighted by Crippen LogP contribution is -2.68. The lowest BCUT2D eigenvalue weighted by atomic mass is 9.70. The van der Waals surface area contributed by atoms with Gasteiger partial charge in [0.2, 0.25) is 0 Å². The van der Waals surface area contributed by atoms with E-state index in [0.29, 0.717) is 22.3 Å². The van der Waals surface area contributed by atoms with Crippen LogP contribution in [0.4, 0.5) is 32.8 Å². The molecule has 10 rings (SSSR count). The third-order valence-electron chi connectivity index (χ3n) is 10.5. The van der Waals surface area contributed by atoms with Crippen LogP contribution in [0.1, 0.15) is 59.7 Å². The SMILES string of the molecule is CCN1CC2CC(C1)N2c1nc2ccc(OC)c(C(=O)Nc3cc4c(cc3C(=O)NC35CCC(C(F)(F)F)(CC3)OC5)OC(F)(F)O4)c2s1. The van der Waals surface area contributed by atoms with Crippen LogP contribution < -0.4 is 29.7 Å². The van der Waals surface area contributed by atoms with Gasteiger partial charge < -0.3 is 34.5 Å². The highest BCUT2D eigenvalue weighted by atomic mass is 32.1. The minimum absolute atomic E-state index is 0.00925. The monoisotopic (exact) mass is 709 g/mol. The van der Waals surface area contributed by atoms with Gasteiger partial charge in [0.25, 0.3) is 11.8 Å². The van der Waals surface area contributed by atoms with Gasteiger partial charge in [-0.2, -0.15) is 13.2 Å². The number of amides is 2. The molecule has 6 fully saturated rings. The quantitative estimate of drug-likeness (QED) is 0.306. The van der Waals surface area contributed by atoms with Crippen molar-refractivity contribution < 1.29 is 50.5 Å². The van der Waals surface area contributed by atoms with E-state index in [9.17, 15) is 31.5 Å². The second-order valence-electron chi connectivity index (χ2n) is 13.3. The predicted octanol–water partition coefficient (Wildman–Crippen LogP) is 5.54. The van der Waals surface area contributed by atoms with E-state index in [0.717, 1.165) is 43.3 Å². The summed E-state index contributed by atoms with van der Waals surface area (Å²) in [6.07, 6.45) is -8.22. The maximum absolute atomic E-state index is 14.1. The number of carbonyl (C=O) groups is 2. The fourth-order valence-electron chi connectivity index (χ4n) is 7.73. The normalized spacial score (nSPS) is 28.3. The Bertz CT molecular complexity index is 1830. The number of ether oxygens (including phenoxy) is 4. The molecule has 7 aliphatic rings. The van der Waals surface area contributed by atoms with Crippen LogP contribution in [-0.2, 0) is 4.74 Å². The summed E-state index contributed by atoms with van der Waals surface area (Å²) in [5.41, 5.74) is -3.13. The number of aromatic nitrogens is 1. The summed E-state index contributed by atoms with van der Waals surface area (Å²) >= 11 is 1.34. The number of nitrogens with one attached hydrogen (secondary N) is 2. The molecule has 5 saturated heterocycles. The lowest BCUT2D eigenvalue weighted by molar-refractivity contribution is -0.317. The van der Waals surface area contributed by atoms with Crippen LogP contribution in [0, 0.1) is 0 Å². The highest BCUT2D eigenvalue weighted by Crippen LogP contribution is 2.52. The first-order valence-corrected chi connectivity index (χ1v) is 16.8. The molecular formula is C32H32F5N5O6S. The van der Waals surface area contributed by atoms with Crippen molar-refractivity contribution in [3.8, 4) is 17.2 Å². The van der Waals surface area contributed by atoms with Gasteiger partial charge in [-0.25, -0.2) is 4.98 Å². The van der Waals surface area contributed by atoms with Crippen LogP contribution in [0.25, 0.3) is 10.2 Å². The Kier molecular flexibility index (Phi) is 7.25. The number of anilines is 2. The summed E-state index contributed by atoms with van der Waals surface area (Å²) in [6.45, 7) is 4.55. The topological polar surface area (TPSA) is 114 Å². The van der Waals surface area contributed by atoms with Crippen molar-refractivity contribution in [1.82, 2.24) is 15.2 Å². The van der Waals surface area contributed by atoms with Gasteiger partial charge in [-0.1, -0.05) is 18.3 Å². The number of hydrogen-bond donors (Lipinski definition) is 2. The zero-order valence-electron chi connectivity index (χ0n) is 26.4. The molecular weight excluding hydrogens is 677 g/mol. The standard InChI is InChI=1S/C32H32F5N5O6S/c1-3-41-13-16-10-17(14-41)42(16)28-39-19-4-5-21(45-2)24(25(19)49-28)27(44)38-20-12-23-22(47-32(36,37)48-23)11-18(20)26(43)40-29-6-8-30(9-7-29,46-15-29)31(33,34)35/h4-5,11-12,16-17H,3,6-10,13-15H2,1-2H3,(H,38,44)(H,40,43). The number of likely N-dealkylation sites (N-methyl/N-ethyl adjacent to an activating group) is 1. The number of piperazine rings is 1. The average Bonchev–Trinajstić information content (AvgIpc) is 3.61. The molecule has 1 saturated carbocycles. The van der Waals surface area contributed by atoms with E-state index < -0.39 is 46.9 Å². The minimum atomic E-state index is -4.56. The first-order valence-electron chi connectivity index (χ1n) is 16.0. The summed E-state index contributed by atoms with van der Waals surface area (Å²) < 4.78 is 89.9. The van der Waals surface area contributed by atoms with Gasteiger partial charge in [-0.15, -0.1) is 8.78 Å². The molecule has 7 heterocycles. The van der Waals surface area contributed by atoms with E-state index in [-0.39, 0.29) is 54.9 Å². The summed E-state index contributed by atoms with van der Waals surface area (Å²) in [5.74, 6) is -2.16. The largest absolute Gasteiger partial charge is 0.586 e. The Labute approximate surface area is 280 Å². The summed E-state index contributed by atoms with van der Waals surface area (Å²) in [5, 5.41) is 6.22. The highest BCUT2D eigenvalue weighted by molar-refractivity contribution is 7.22. The van der Waals surface area contributed by atoms with Crippen molar-refractivity contribution in [3.05, 3.63) is 35.4 Å². The van der Waals surface area contributed by atoms with Crippen LogP contribution in [0.5, 0.6) is 17.2 Å². The Morgan fingerprint density at radius 3 is 2.37 bits per heavy atom. The predicted molar refractivity (Wildman–Crippen MR) is 167 cm³/mol. The molecule has 1 aromatic heterocycles. The molecule has 2 aromatic carbocycles. The second-order valence-corrected chi connectivity index (χ2v) is 14.2. The maximum Gasteiger partial charge on any atom is 0.586 e. The Balaban J connectivity index is 1.10. The number of piperidine rings is 1. The van der Waals surface area contributed by atoms with Gasteiger partial charge in [0.15, 0.2) is 22.2 Å². The van der Waals surface area contributed by atoms with E-state index in [1.165, 1.54) is 18.4 Å². The molecule has 2 N–H and O–H groups in total. The smallest absolute Gasteiger partial charge is 0.496 e. The third-order valence-corrected chi connectivity index (χ3v) is 11.6. The van der Waals surface area contributed by atoms with Crippen molar-refractivity contribution in [1.29, 1.82) is 0 Å². The van der Waals surface area contributed by atoms with Gasteiger partial charge in [-0.3, -0.25) is 14.5 Å². The molecule has 2 unspecified atom stereocenters. The van der Waals surface area contributed by atoms with Crippen LogP contribution >= 0.6 is 11.3 Å². The van der Waals surface area contributed by atoms with Gasteiger partial charge in [0, 0.05) is 31.2 Å². The molecule has 6 aliphatic heterocycles. The molecule has 49 heavy (non-hydrogen) atoms. The van der Waals surface area contributed by atoms with Crippen molar-refractivity contribution in [2.75, 3.05) is 43.6 Å². The van der Waals surface area contributed by atoms with E-state index >= 15 is 0 Å². The number of halogens is 5. The molecule has 3 aromatic rings. The zero-order valence-corrected chi connectivity index (χ0v) is 27.2. The minimum Gasteiger partial charge on any atom is -0.496 e. The van der Waals surface area contributed by atoms with Gasteiger partial charge in [0.05, 0.1) is 40.7 Å². The first-order chi connectivity index (χ1) is 23.2. The summed E-state index contributed by atoms with van der Waals surface area (Å²) in [4.78, 5) is 37.4. The van der Waals surface area contributed by atoms with Crippen molar-refractivity contribution in [3.63, 3.8) is 0 Å². The number of benzene rings is 2. The summed E-state index contributed by atoms with van der Waals surface area (Å²) in [7, 11) is 1.41. The van der Waals surface area contributed by atoms with Crippen LogP contribution in [0.15, 0.2) is 24.3 Å². The molecule has 4 bridgehead atoms. The van der Waals surface area contributed by atoms with Crippen LogP contribution in [0.2, 0.25) is 0 Å². The van der Waals surface area contributed by atoms with Gasteiger partial charge in [0.1, 0.15) is 11.3 Å². The number of carbonyl (C=O) groups excluding carboxylic acids is 2. The van der Waals surface area contributed by atoms with E-state index in [1.807, 2.05) is 0 Å². The Morgan fingerprint density at radius 1 is 1.06 bits per heavy atom. The van der Waals surface area contributed by atoms with Crippen molar-refractivity contribution in [2.24, 2.45) is 0 Å². The van der Waals surface area contributed by atoms with Gasteiger partial charge >= 0.3 is 12.5 Å². The van der Waals surface area contributed by atoms with E-state index in [1.54, 1.807) is 12.1 Å². The lowest BCUT2D eigenvalue weighted by Gasteiger charge is -2.56.